The highest BCUT2D eigenvalue weighted by molar-refractivity contribution is 6.11. The van der Waals surface area contributed by atoms with Gasteiger partial charge in [-0.05, 0) is 32.0 Å². The molecule has 0 spiro atoms. The molecule has 1 aromatic carbocycles. The average molecular weight is 354 g/mol. The van der Waals surface area contributed by atoms with E-state index in [1.807, 2.05) is 24.3 Å². The van der Waals surface area contributed by atoms with Crippen molar-refractivity contribution in [1.29, 1.82) is 0 Å². The highest BCUT2D eigenvalue weighted by Gasteiger charge is 2.27. The molecule has 136 valence electrons. The lowest BCUT2D eigenvalue weighted by atomic mass is 10.1. The molecule has 3 N–H and O–H groups in total. The molecule has 1 saturated heterocycles. The van der Waals surface area contributed by atoms with Gasteiger partial charge < -0.3 is 24.9 Å². The molecule has 3 heterocycles. The monoisotopic (exact) mass is 354 g/mol. The first-order valence-electron chi connectivity index (χ1n) is 8.80. The quantitative estimate of drug-likeness (QED) is 0.665. The summed E-state index contributed by atoms with van der Waals surface area (Å²) < 4.78 is 7.27. The van der Waals surface area contributed by atoms with Crippen LogP contribution < -0.4 is 20.9 Å². The van der Waals surface area contributed by atoms with Gasteiger partial charge in [-0.3, -0.25) is 9.59 Å². The number of rotatable bonds is 3. The number of ether oxygens (including phenoxy) is 1. The van der Waals surface area contributed by atoms with E-state index in [-0.39, 0.29) is 17.5 Å². The number of benzene rings is 1. The topological polar surface area (TPSA) is 88.2 Å². The zero-order valence-corrected chi connectivity index (χ0v) is 14.9. The number of hydrogen-bond donors (Lipinski definition) is 3. The van der Waals surface area contributed by atoms with Crippen molar-refractivity contribution in [2.24, 2.45) is 7.05 Å². The van der Waals surface area contributed by atoms with Gasteiger partial charge in [0.1, 0.15) is 5.39 Å². The number of amides is 1. The summed E-state index contributed by atoms with van der Waals surface area (Å²) in [4.78, 5) is 28.5. The molecule has 2 aromatic heterocycles. The minimum atomic E-state index is -0.257. The van der Waals surface area contributed by atoms with E-state index < -0.39 is 0 Å². The Bertz CT molecular complexity index is 1040. The van der Waals surface area contributed by atoms with E-state index in [4.69, 9.17) is 4.74 Å². The number of fused-ring (bicyclic) bond motifs is 3. The third-order valence-corrected chi connectivity index (χ3v) is 5.10. The number of pyridine rings is 1. The van der Waals surface area contributed by atoms with Gasteiger partial charge in [0.15, 0.2) is 11.4 Å². The first kappa shape index (κ1) is 16.7. The third-order valence-electron chi connectivity index (χ3n) is 5.10. The van der Waals surface area contributed by atoms with Crippen LogP contribution in [-0.4, -0.2) is 41.7 Å². The number of piperidine rings is 1. The molecule has 4 rings (SSSR count). The number of methoxy groups -OCH3 is 1. The van der Waals surface area contributed by atoms with Gasteiger partial charge in [0.05, 0.1) is 18.1 Å². The third kappa shape index (κ3) is 2.55. The second kappa shape index (κ2) is 6.49. The first-order valence-corrected chi connectivity index (χ1v) is 8.80. The standard InChI is InChI=1S/C19H22N4O3/c1-23-15-12-5-3-4-6-13(12)22-18(24)14(15)17(26-2)16(23)19(25)21-11-7-9-20-10-8-11/h3-6,11,20H,7-10H2,1-2H3,(H,21,25)(H,22,24). The maximum atomic E-state index is 13.0. The van der Waals surface area contributed by atoms with Gasteiger partial charge in [-0.25, -0.2) is 0 Å². The second-order valence-corrected chi connectivity index (χ2v) is 6.66. The van der Waals surface area contributed by atoms with Crippen LogP contribution in [0.1, 0.15) is 23.3 Å². The van der Waals surface area contributed by atoms with Gasteiger partial charge in [-0.1, -0.05) is 18.2 Å². The number of carbonyl (C=O) groups excluding carboxylic acids is 1. The first-order chi connectivity index (χ1) is 12.6. The van der Waals surface area contributed by atoms with Crippen molar-refractivity contribution in [2.75, 3.05) is 20.2 Å². The smallest absolute Gasteiger partial charge is 0.272 e. The van der Waals surface area contributed by atoms with E-state index in [2.05, 4.69) is 15.6 Å². The van der Waals surface area contributed by atoms with Crippen molar-refractivity contribution >= 4 is 27.7 Å². The predicted molar refractivity (Wildman–Crippen MR) is 101 cm³/mol. The van der Waals surface area contributed by atoms with Crippen LogP contribution in [0.4, 0.5) is 0 Å². The number of aromatic nitrogens is 2. The Morgan fingerprint density at radius 2 is 2.00 bits per heavy atom. The Balaban J connectivity index is 1.90. The molecule has 26 heavy (non-hydrogen) atoms. The number of nitrogens with one attached hydrogen (secondary N) is 3. The molecule has 0 bridgehead atoms. The van der Waals surface area contributed by atoms with Gasteiger partial charge in [-0.2, -0.15) is 0 Å². The van der Waals surface area contributed by atoms with Crippen LogP contribution in [-0.2, 0) is 7.05 Å². The molecule has 0 unspecified atom stereocenters. The van der Waals surface area contributed by atoms with Crippen molar-refractivity contribution < 1.29 is 9.53 Å². The molecule has 1 amide bonds. The normalized spacial score (nSPS) is 15.5. The molecule has 1 fully saturated rings. The molecule has 3 aromatic rings. The van der Waals surface area contributed by atoms with Crippen LogP contribution in [0.15, 0.2) is 29.1 Å². The van der Waals surface area contributed by atoms with Crippen molar-refractivity contribution in [3.05, 3.63) is 40.3 Å². The second-order valence-electron chi connectivity index (χ2n) is 6.66. The van der Waals surface area contributed by atoms with Crippen LogP contribution in [0.3, 0.4) is 0 Å². The van der Waals surface area contributed by atoms with E-state index in [1.165, 1.54) is 7.11 Å². The summed E-state index contributed by atoms with van der Waals surface area (Å²) in [7, 11) is 3.29. The highest BCUT2D eigenvalue weighted by atomic mass is 16.5. The minimum absolute atomic E-state index is 0.126. The molecular weight excluding hydrogens is 332 g/mol. The maximum absolute atomic E-state index is 13.0. The molecule has 0 radical (unpaired) electrons. The minimum Gasteiger partial charge on any atom is -0.493 e. The summed E-state index contributed by atoms with van der Waals surface area (Å²) in [5.41, 5.74) is 1.56. The van der Waals surface area contributed by atoms with Crippen molar-refractivity contribution in [3.63, 3.8) is 0 Å². The van der Waals surface area contributed by atoms with E-state index in [1.54, 1.807) is 11.6 Å². The van der Waals surface area contributed by atoms with Gasteiger partial charge in [0, 0.05) is 18.5 Å². The van der Waals surface area contributed by atoms with E-state index in [9.17, 15) is 9.59 Å². The number of H-pyrrole nitrogens is 1. The van der Waals surface area contributed by atoms with Crippen LogP contribution in [0, 0.1) is 0 Å². The lowest BCUT2D eigenvalue weighted by Crippen LogP contribution is -2.43. The molecule has 1 aliphatic rings. The average Bonchev–Trinajstić information content (AvgIpc) is 2.96. The zero-order valence-electron chi connectivity index (χ0n) is 14.9. The van der Waals surface area contributed by atoms with Crippen LogP contribution in [0.25, 0.3) is 21.8 Å². The fraction of sp³-hybridized carbons (Fsp3) is 0.368. The van der Waals surface area contributed by atoms with Gasteiger partial charge in [0.25, 0.3) is 11.5 Å². The Labute approximate surface area is 150 Å². The number of carbonyl (C=O) groups is 1. The summed E-state index contributed by atoms with van der Waals surface area (Å²) in [5.74, 6) is 0.108. The van der Waals surface area contributed by atoms with Crippen molar-refractivity contribution in [1.82, 2.24) is 20.2 Å². The number of aryl methyl sites for hydroxylation is 1. The fourth-order valence-electron chi connectivity index (χ4n) is 3.84. The largest absolute Gasteiger partial charge is 0.493 e. The SMILES string of the molecule is COc1c(C(=O)NC2CCNCC2)n(C)c2c1c(=O)[nH]c1ccccc12. The van der Waals surface area contributed by atoms with Crippen molar-refractivity contribution in [2.45, 2.75) is 18.9 Å². The zero-order chi connectivity index (χ0) is 18.3. The Morgan fingerprint density at radius 1 is 1.27 bits per heavy atom. The Kier molecular flexibility index (Phi) is 4.16. The lowest BCUT2D eigenvalue weighted by molar-refractivity contribution is 0.0918. The Hall–Kier alpha value is -2.80. The number of hydrogen-bond acceptors (Lipinski definition) is 4. The molecule has 1 aliphatic heterocycles. The van der Waals surface area contributed by atoms with E-state index >= 15 is 0 Å². The van der Waals surface area contributed by atoms with Gasteiger partial charge >= 0.3 is 0 Å². The van der Waals surface area contributed by atoms with Crippen LogP contribution in [0.5, 0.6) is 5.75 Å². The summed E-state index contributed by atoms with van der Waals surface area (Å²) in [5, 5.41) is 7.66. The van der Waals surface area contributed by atoms with E-state index in [0.29, 0.717) is 22.3 Å². The molecular formula is C19H22N4O3. The van der Waals surface area contributed by atoms with E-state index in [0.717, 1.165) is 36.8 Å². The van der Waals surface area contributed by atoms with Gasteiger partial charge in [0.2, 0.25) is 0 Å². The maximum Gasteiger partial charge on any atom is 0.272 e. The number of nitrogens with zero attached hydrogens (tertiary/aromatic N) is 1. The molecule has 0 saturated carbocycles. The predicted octanol–water partition coefficient (Wildman–Crippen LogP) is 1.51. The van der Waals surface area contributed by atoms with Gasteiger partial charge in [-0.15, -0.1) is 0 Å². The Morgan fingerprint density at radius 3 is 2.73 bits per heavy atom. The summed E-state index contributed by atoms with van der Waals surface area (Å²) in [6, 6.07) is 7.69. The van der Waals surface area contributed by atoms with Crippen molar-refractivity contribution in [3.8, 4) is 5.75 Å². The highest BCUT2D eigenvalue weighted by Crippen LogP contribution is 2.33. The molecule has 7 heteroatoms. The van der Waals surface area contributed by atoms with Crippen LogP contribution >= 0.6 is 0 Å². The summed E-state index contributed by atoms with van der Waals surface area (Å²) in [6.07, 6.45) is 1.78. The molecule has 0 atom stereocenters. The summed E-state index contributed by atoms with van der Waals surface area (Å²) >= 11 is 0. The fourth-order valence-corrected chi connectivity index (χ4v) is 3.84. The summed E-state index contributed by atoms with van der Waals surface area (Å²) in [6.45, 7) is 1.78. The molecule has 7 nitrogen and oxygen atoms in total. The number of aromatic amines is 1. The lowest BCUT2D eigenvalue weighted by Gasteiger charge is -2.23. The van der Waals surface area contributed by atoms with Crippen LogP contribution in [0.2, 0.25) is 0 Å². The number of para-hydroxylation sites is 1. The molecule has 0 aliphatic carbocycles.